The van der Waals surface area contributed by atoms with Crippen molar-refractivity contribution in [3.05, 3.63) is 96.4 Å². The maximum atomic E-state index is 13.6. The molecule has 0 radical (unpaired) electrons. The summed E-state index contributed by atoms with van der Waals surface area (Å²) in [5.74, 6) is -0.303. The second kappa shape index (κ2) is 9.77. The third-order valence-corrected chi connectivity index (χ3v) is 6.24. The summed E-state index contributed by atoms with van der Waals surface area (Å²) in [6.45, 7) is 7.50. The first-order valence-corrected chi connectivity index (χ1v) is 11.8. The molecule has 1 aromatic heterocycles. The van der Waals surface area contributed by atoms with E-state index in [1.54, 1.807) is 32.1 Å². The van der Waals surface area contributed by atoms with E-state index in [0.29, 0.717) is 37.5 Å². The minimum atomic E-state index is -0.763. The average molecular weight is 481 g/mol. The van der Waals surface area contributed by atoms with E-state index in [1.165, 1.54) is 28.0 Å². The van der Waals surface area contributed by atoms with E-state index in [-0.39, 0.29) is 24.1 Å². The zero-order valence-corrected chi connectivity index (χ0v) is 20.2. The molecular formula is C26H25FN2O4S. The summed E-state index contributed by atoms with van der Waals surface area (Å²) in [4.78, 5) is 31.7. The van der Waals surface area contributed by atoms with Gasteiger partial charge in [0.15, 0.2) is 4.80 Å². The summed E-state index contributed by atoms with van der Waals surface area (Å²) in [5.41, 5.74) is 1.84. The van der Waals surface area contributed by atoms with Crippen molar-refractivity contribution in [3.63, 3.8) is 0 Å². The van der Waals surface area contributed by atoms with Crippen LogP contribution in [0.3, 0.4) is 0 Å². The lowest BCUT2D eigenvalue weighted by Crippen LogP contribution is -2.40. The molecule has 0 N–H and O–H groups in total. The molecule has 6 nitrogen and oxygen atoms in total. The number of rotatable bonds is 6. The molecule has 0 unspecified atom stereocenters. The van der Waals surface area contributed by atoms with E-state index in [4.69, 9.17) is 9.47 Å². The molecule has 0 aliphatic carbocycles. The standard InChI is InChI=1S/C26H25FN2O4S/c1-5-32-25(31)22-16(4)28-26-29(23(22)19-8-6-7-9-20(19)33-15(2)3)24(30)21(34-26)14-17-10-12-18(27)13-11-17/h6-15,23H,5H2,1-4H3/b21-14+/t23-/m0/s1. The quantitative estimate of drug-likeness (QED) is 0.504. The van der Waals surface area contributed by atoms with Gasteiger partial charge in [-0.1, -0.05) is 41.7 Å². The molecule has 0 saturated carbocycles. The van der Waals surface area contributed by atoms with Crippen molar-refractivity contribution in [1.82, 2.24) is 4.57 Å². The average Bonchev–Trinajstić information content (AvgIpc) is 3.09. The number of carbonyl (C=O) groups is 1. The molecule has 1 aliphatic heterocycles. The van der Waals surface area contributed by atoms with E-state index in [9.17, 15) is 14.0 Å². The number of halogens is 1. The Morgan fingerprint density at radius 1 is 1.21 bits per heavy atom. The molecule has 0 fully saturated rings. The number of para-hydroxylation sites is 1. The number of ether oxygens (including phenoxy) is 2. The van der Waals surface area contributed by atoms with Gasteiger partial charge >= 0.3 is 5.97 Å². The second-order valence-corrected chi connectivity index (χ2v) is 9.07. The summed E-state index contributed by atoms with van der Waals surface area (Å²) in [6, 6.07) is 12.5. The number of aromatic nitrogens is 1. The third-order valence-electron chi connectivity index (χ3n) is 5.26. The van der Waals surface area contributed by atoms with Crippen LogP contribution in [0.4, 0.5) is 4.39 Å². The Morgan fingerprint density at radius 3 is 2.59 bits per heavy atom. The lowest BCUT2D eigenvalue weighted by Gasteiger charge is -2.26. The molecule has 0 spiro atoms. The lowest BCUT2D eigenvalue weighted by molar-refractivity contribution is -0.139. The summed E-state index contributed by atoms with van der Waals surface area (Å²) in [6.07, 6.45) is 1.59. The van der Waals surface area contributed by atoms with Gasteiger partial charge in [-0.2, -0.15) is 0 Å². The van der Waals surface area contributed by atoms with Gasteiger partial charge in [-0.15, -0.1) is 0 Å². The Kier molecular flexibility index (Phi) is 6.79. The number of benzene rings is 2. The van der Waals surface area contributed by atoms with Gasteiger partial charge in [0.2, 0.25) is 0 Å². The predicted octanol–water partition coefficient (Wildman–Crippen LogP) is 3.72. The van der Waals surface area contributed by atoms with Crippen molar-refractivity contribution >= 4 is 23.4 Å². The molecular weight excluding hydrogens is 455 g/mol. The number of carbonyl (C=O) groups excluding carboxylic acids is 1. The summed E-state index contributed by atoms with van der Waals surface area (Å²) < 4.78 is 26.6. The molecule has 2 heterocycles. The molecule has 1 atom stereocenters. The fourth-order valence-corrected chi connectivity index (χ4v) is 4.91. The predicted molar refractivity (Wildman–Crippen MR) is 129 cm³/mol. The van der Waals surface area contributed by atoms with E-state index < -0.39 is 12.0 Å². The normalized spacial score (nSPS) is 15.8. The number of hydrogen-bond acceptors (Lipinski definition) is 6. The minimum absolute atomic E-state index is 0.105. The fourth-order valence-electron chi connectivity index (χ4n) is 3.86. The highest BCUT2D eigenvalue weighted by Crippen LogP contribution is 2.36. The van der Waals surface area contributed by atoms with Crippen molar-refractivity contribution in [1.29, 1.82) is 0 Å². The van der Waals surface area contributed by atoms with Crippen LogP contribution in [0.5, 0.6) is 5.75 Å². The number of hydrogen-bond donors (Lipinski definition) is 0. The van der Waals surface area contributed by atoms with Gasteiger partial charge in [-0.05, 0) is 57.5 Å². The maximum Gasteiger partial charge on any atom is 0.338 e. The van der Waals surface area contributed by atoms with Crippen LogP contribution < -0.4 is 19.6 Å². The Labute approximate surface area is 200 Å². The molecule has 3 aromatic rings. The molecule has 0 amide bonds. The van der Waals surface area contributed by atoms with E-state index in [0.717, 1.165) is 0 Å². The summed E-state index contributed by atoms with van der Waals surface area (Å²) in [5, 5.41) is 0. The lowest BCUT2D eigenvalue weighted by atomic mass is 9.95. The molecule has 4 rings (SSSR count). The highest BCUT2D eigenvalue weighted by molar-refractivity contribution is 7.07. The molecule has 8 heteroatoms. The van der Waals surface area contributed by atoms with Gasteiger partial charge in [-0.3, -0.25) is 9.36 Å². The van der Waals surface area contributed by atoms with Crippen molar-refractivity contribution in [2.75, 3.05) is 6.61 Å². The Hall–Kier alpha value is -3.52. The van der Waals surface area contributed by atoms with Crippen molar-refractivity contribution in [2.24, 2.45) is 4.99 Å². The largest absolute Gasteiger partial charge is 0.491 e. The van der Waals surface area contributed by atoms with E-state index in [2.05, 4.69) is 4.99 Å². The third kappa shape index (κ3) is 4.59. The zero-order valence-electron chi connectivity index (χ0n) is 19.4. The first-order chi connectivity index (χ1) is 16.3. The fraction of sp³-hybridized carbons (Fsp3) is 0.269. The topological polar surface area (TPSA) is 69.9 Å². The van der Waals surface area contributed by atoms with Crippen LogP contribution in [0.1, 0.15) is 44.9 Å². The van der Waals surface area contributed by atoms with Crippen LogP contribution in [0.25, 0.3) is 6.08 Å². The van der Waals surface area contributed by atoms with Crippen molar-refractivity contribution in [3.8, 4) is 5.75 Å². The van der Waals surface area contributed by atoms with E-state index in [1.807, 2.05) is 38.1 Å². The Bertz CT molecular complexity index is 1430. The Balaban J connectivity index is 1.97. The Morgan fingerprint density at radius 2 is 1.91 bits per heavy atom. The van der Waals surface area contributed by atoms with Gasteiger partial charge < -0.3 is 9.47 Å². The zero-order chi connectivity index (χ0) is 24.4. The first kappa shape index (κ1) is 23.6. The highest BCUT2D eigenvalue weighted by atomic mass is 32.1. The van der Waals surface area contributed by atoms with Gasteiger partial charge in [-0.25, -0.2) is 14.2 Å². The van der Waals surface area contributed by atoms with Crippen LogP contribution in [0, 0.1) is 5.82 Å². The molecule has 34 heavy (non-hydrogen) atoms. The van der Waals surface area contributed by atoms with Gasteiger partial charge in [0, 0.05) is 5.56 Å². The first-order valence-electron chi connectivity index (χ1n) is 11.0. The van der Waals surface area contributed by atoms with Crippen molar-refractivity contribution in [2.45, 2.75) is 39.8 Å². The second-order valence-electron chi connectivity index (χ2n) is 8.06. The summed E-state index contributed by atoms with van der Waals surface area (Å²) in [7, 11) is 0. The smallest absolute Gasteiger partial charge is 0.338 e. The molecule has 176 valence electrons. The van der Waals surface area contributed by atoms with Gasteiger partial charge in [0.25, 0.3) is 5.56 Å². The number of fused-ring (bicyclic) bond motifs is 1. The SMILES string of the molecule is CCOC(=O)C1=C(C)N=c2s/c(=C/c3ccc(F)cc3)c(=O)n2[C@H]1c1ccccc1OC(C)C. The number of nitrogens with zero attached hydrogens (tertiary/aromatic N) is 2. The minimum Gasteiger partial charge on any atom is -0.491 e. The van der Waals surface area contributed by atoms with Crippen LogP contribution in [0.15, 0.2) is 69.6 Å². The van der Waals surface area contributed by atoms with Crippen LogP contribution in [-0.2, 0) is 9.53 Å². The molecule has 0 saturated heterocycles. The number of esters is 1. The van der Waals surface area contributed by atoms with Gasteiger partial charge in [0.05, 0.1) is 28.5 Å². The van der Waals surface area contributed by atoms with Crippen molar-refractivity contribution < 1.29 is 18.7 Å². The highest BCUT2D eigenvalue weighted by Gasteiger charge is 2.35. The number of allylic oxidation sites excluding steroid dienone is 1. The number of thiazole rings is 1. The van der Waals surface area contributed by atoms with Crippen LogP contribution >= 0.6 is 11.3 Å². The monoisotopic (exact) mass is 480 g/mol. The van der Waals surface area contributed by atoms with Crippen LogP contribution in [0.2, 0.25) is 0 Å². The molecule has 2 aromatic carbocycles. The summed E-state index contributed by atoms with van der Waals surface area (Å²) >= 11 is 1.22. The van der Waals surface area contributed by atoms with E-state index >= 15 is 0 Å². The molecule has 1 aliphatic rings. The maximum absolute atomic E-state index is 13.6. The van der Waals surface area contributed by atoms with Crippen LogP contribution in [-0.4, -0.2) is 23.2 Å². The molecule has 0 bridgehead atoms. The van der Waals surface area contributed by atoms with Gasteiger partial charge in [0.1, 0.15) is 17.6 Å².